The van der Waals surface area contributed by atoms with Gasteiger partial charge >= 0.3 is 0 Å². The predicted octanol–water partition coefficient (Wildman–Crippen LogP) is 0.334. The highest BCUT2D eigenvalue weighted by Crippen LogP contribution is 2.03. The van der Waals surface area contributed by atoms with Crippen LogP contribution in [0.5, 0.6) is 0 Å². The van der Waals surface area contributed by atoms with Crippen LogP contribution in [0.3, 0.4) is 0 Å². The van der Waals surface area contributed by atoms with Crippen molar-refractivity contribution in [3.8, 4) is 0 Å². The molecule has 15 heavy (non-hydrogen) atoms. The molecule has 2 N–H and O–H groups in total. The molecule has 1 heterocycles. The largest absolute Gasteiger partial charge is 0.370 e. The molecule has 0 aliphatic carbocycles. The second-order valence-corrected chi connectivity index (χ2v) is 3.44. The number of carbonyl (C=O) groups is 1. The summed E-state index contributed by atoms with van der Waals surface area (Å²) >= 11 is 5.65. The van der Waals surface area contributed by atoms with E-state index in [0.29, 0.717) is 12.2 Å². The van der Waals surface area contributed by atoms with Gasteiger partial charge in [0.1, 0.15) is 11.0 Å². The van der Waals surface area contributed by atoms with E-state index in [-0.39, 0.29) is 23.7 Å². The highest BCUT2D eigenvalue weighted by molar-refractivity contribution is 6.29. The minimum atomic E-state index is -0.445. The van der Waals surface area contributed by atoms with E-state index >= 15 is 0 Å². The quantitative estimate of drug-likeness (QED) is 0.756. The van der Waals surface area contributed by atoms with E-state index in [0.717, 1.165) is 0 Å². The first-order chi connectivity index (χ1) is 7.04. The van der Waals surface area contributed by atoms with Crippen molar-refractivity contribution in [2.45, 2.75) is 26.3 Å². The Morgan fingerprint density at radius 1 is 1.67 bits per heavy atom. The van der Waals surface area contributed by atoms with Gasteiger partial charge in [0.05, 0.1) is 0 Å². The number of nitrogens with zero attached hydrogens (tertiary/aromatic N) is 2. The van der Waals surface area contributed by atoms with Crippen LogP contribution in [0.25, 0.3) is 0 Å². The Bertz CT molecular complexity index is 428. The summed E-state index contributed by atoms with van der Waals surface area (Å²) in [5.41, 5.74) is 4.75. The van der Waals surface area contributed by atoms with Crippen LogP contribution in [0, 0.1) is 0 Å². The minimum Gasteiger partial charge on any atom is -0.370 e. The number of halogens is 1. The number of primary amides is 1. The minimum absolute atomic E-state index is 0.121. The van der Waals surface area contributed by atoms with E-state index in [2.05, 4.69) is 4.98 Å². The monoisotopic (exact) mass is 229 g/mol. The predicted molar refractivity (Wildman–Crippen MR) is 56.7 cm³/mol. The molecule has 0 aliphatic heterocycles. The standard InChI is InChI=1S/C9H12ClN3O2/c1-2-8-12-6(10)5-9(15)13(8)4-3-7(11)14/h5H,2-4H2,1H3,(H2,11,14). The van der Waals surface area contributed by atoms with Gasteiger partial charge in [-0.3, -0.25) is 14.2 Å². The number of rotatable bonds is 4. The van der Waals surface area contributed by atoms with Gasteiger partial charge in [-0.15, -0.1) is 0 Å². The lowest BCUT2D eigenvalue weighted by Crippen LogP contribution is -2.26. The van der Waals surface area contributed by atoms with E-state index in [1.54, 1.807) is 0 Å². The zero-order chi connectivity index (χ0) is 11.4. The van der Waals surface area contributed by atoms with Gasteiger partial charge < -0.3 is 5.73 Å². The molecule has 0 aliphatic rings. The van der Waals surface area contributed by atoms with Gasteiger partial charge in [-0.05, 0) is 0 Å². The number of aromatic nitrogens is 2. The van der Waals surface area contributed by atoms with Crippen LogP contribution in [0.4, 0.5) is 0 Å². The molecule has 0 saturated carbocycles. The second-order valence-electron chi connectivity index (χ2n) is 3.05. The molecule has 0 bridgehead atoms. The fraction of sp³-hybridized carbons (Fsp3) is 0.444. The van der Waals surface area contributed by atoms with Crippen LogP contribution in [0.2, 0.25) is 5.15 Å². The number of aryl methyl sites for hydroxylation is 1. The molecule has 0 aromatic carbocycles. The summed E-state index contributed by atoms with van der Waals surface area (Å²) < 4.78 is 1.41. The second kappa shape index (κ2) is 4.93. The Hall–Kier alpha value is -1.36. The van der Waals surface area contributed by atoms with E-state index < -0.39 is 5.91 Å². The summed E-state index contributed by atoms with van der Waals surface area (Å²) in [6.07, 6.45) is 0.699. The number of hydrogen-bond acceptors (Lipinski definition) is 3. The highest BCUT2D eigenvalue weighted by atomic mass is 35.5. The van der Waals surface area contributed by atoms with Crippen molar-refractivity contribution < 1.29 is 4.79 Å². The van der Waals surface area contributed by atoms with Gasteiger partial charge in [-0.2, -0.15) is 0 Å². The summed E-state index contributed by atoms with van der Waals surface area (Å²) in [6, 6.07) is 1.22. The van der Waals surface area contributed by atoms with Crippen molar-refractivity contribution in [1.82, 2.24) is 9.55 Å². The van der Waals surface area contributed by atoms with Crippen LogP contribution in [0.1, 0.15) is 19.2 Å². The maximum atomic E-state index is 11.5. The van der Waals surface area contributed by atoms with Gasteiger partial charge in [0.25, 0.3) is 5.56 Å². The molecular weight excluding hydrogens is 218 g/mol. The summed E-state index contributed by atoms with van der Waals surface area (Å²) in [5.74, 6) is 0.118. The molecule has 1 rings (SSSR count). The lowest BCUT2D eigenvalue weighted by molar-refractivity contribution is -0.118. The molecule has 82 valence electrons. The van der Waals surface area contributed by atoms with Crippen LogP contribution in [0.15, 0.2) is 10.9 Å². The van der Waals surface area contributed by atoms with E-state index in [1.165, 1.54) is 10.6 Å². The SMILES string of the molecule is CCc1nc(Cl)cc(=O)n1CCC(N)=O. The van der Waals surface area contributed by atoms with Gasteiger partial charge in [0.15, 0.2) is 0 Å². The number of amides is 1. The molecule has 5 nitrogen and oxygen atoms in total. The molecule has 0 atom stereocenters. The number of hydrogen-bond donors (Lipinski definition) is 1. The Labute approximate surface area is 91.9 Å². The first-order valence-electron chi connectivity index (χ1n) is 4.59. The third kappa shape index (κ3) is 3.06. The molecule has 0 fully saturated rings. The Morgan fingerprint density at radius 3 is 2.87 bits per heavy atom. The molecule has 0 spiro atoms. The summed E-state index contributed by atoms with van der Waals surface area (Å²) in [5, 5.41) is 0.173. The van der Waals surface area contributed by atoms with Crippen LogP contribution in [-0.4, -0.2) is 15.5 Å². The topological polar surface area (TPSA) is 78.0 Å². The van der Waals surface area contributed by atoms with Crippen molar-refractivity contribution >= 4 is 17.5 Å². The summed E-state index contributed by atoms with van der Waals surface area (Å²) in [6.45, 7) is 2.11. The zero-order valence-corrected chi connectivity index (χ0v) is 9.12. The zero-order valence-electron chi connectivity index (χ0n) is 8.36. The van der Waals surface area contributed by atoms with Crippen molar-refractivity contribution in [1.29, 1.82) is 0 Å². The first kappa shape index (κ1) is 11.7. The van der Waals surface area contributed by atoms with Crippen LogP contribution >= 0.6 is 11.6 Å². The van der Waals surface area contributed by atoms with Crippen LogP contribution in [-0.2, 0) is 17.8 Å². The Balaban J connectivity index is 3.04. The Morgan fingerprint density at radius 2 is 2.33 bits per heavy atom. The average Bonchev–Trinajstić information content (AvgIpc) is 2.14. The van der Waals surface area contributed by atoms with Gasteiger partial charge in [-0.25, -0.2) is 4.98 Å². The normalized spacial score (nSPS) is 10.3. The van der Waals surface area contributed by atoms with Crippen molar-refractivity contribution in [3.05, 3.63) is 27.4 Å². The molecule has 0 radical (unpaired) electrons. The maximum Gasteiger partial charge on any atom is 0.254 e. The average molecular weight is 230 g/mol. The molecule has 1 aromatic heterocycles. The lowest BCUT2D eigenvalue weighted by atomic mass is 10.3. The van der Waals surface area contributed by atoms with Crippen molar-refractivity contribution in [2.75, 3.05) is 0 Å². The molecule has 1 aromatic rings. The van der Waals surface area contributed by atoms with Gasteiger partial charge in [0.2, 0.25) is 5.91 Å². The molecule has 1 amide bonds. The van der Waals surface area contributed by atoms with E-state index in [9.17, 15) is 9.59 Å². The third-order valence-electron chi connectivity index (χ3n) is 1.95. The molecule has 0 unspecified atom stereocenters. The van der Waals surface area contributed by atoms with E-state index in [4.69, 9.17) is 17.3 Å². The highest BCUT2D eigenvalue weighted by Gasteiger charge is 2.06. The first-order valence-corrected chi connectivity index (χ1v) is 4.97. The van der Waals surface area contributed by atoms with E-state index in [1.807, 2.05) is 6.92 Å². The summed E-state index contributed by atoms with van der Waals surface area (Å²) in [7, 11) is 0. The van der Waals surface area contributed by atoms with Gasteiger partial charge in [0, 0.05) is 25.5 Å². The smallest absolute Gasteiger partial charge is 0.254 e. The fourth-order valence-electron chi connectivity index (χ4n) is 1.25. The molecule has 6 heteroatoms. The van der Waals surface area contributed by atoms with Crippen molar-refractivity contribution in [2.24, 2.45) is 5.73 Å². The molecule has 0 saturated heterocycles. The molecular formula is C9H12ClN3O2. The Kier molecular flexibility index (Phi) is 3.85. The lowest BCUT2D eigenvalue weighted by Gasteiger charge is -2.09. The summed E-state index contributed by atoms with van der Waals surface area (Å²) in [4.78, 5) is 26.1. The van der Waals surface area contributed by atoms with Crippen LogP contribution < -0.4 is 11.3 Å². The number of nitrogens with two attached hydrogens (primary N) is 1. The maximum absolute atomic E-state index is 11.5. The number of carbonyl (C=O) groups excluding carboxylic acids is 1. The van der Waals surface area contributed by atoms with Gasteiger partial charge in [-0.1, -0.05) is 18.5 Å². The van der Waals surface area contributed by atoms with Crippen molar-refractivity contribution in [3.63, 3.8) is 0 Å². The third-order valence-corrected chi connectivity index (χ3v) is 2.15. The fourth-order valence-corrected chi connectivity index (χ4v) is 1.44.